The zero-order chi connectivity index (χ0) is 12.8. The van der Waals surface area contributed by atoms with Crippen molar-refractivity contribution >= 4 is 0 Å². The molecule has 0 aliphatic carbocycles. The molecule has 0 aliphatic heterocycles. The lowest BCUT2D eigenvalue weighted by Gasteiger charge is -2.17. The maximum Gasteiger partial charge on any atom is 0.146 e. The molecule has 2 rings (SSSR count). The molecule has 0 saturated heterocycles. The first-order valence-corrected chi connectivity index (χ1v) is 6.50. The van der Waals surface area contributed by atoms with Crippen molar-refractivity contribution in [3.05, 3.63) is 48.0 Å². The summed E-state index contributed by atoms with van der Waals surface area (Å²) in [4.78, 5) is 0. The zero-order valence-corrected chi connectivity index (χ0v) is 11.0. The smallest absolute Gasteiger partial charge is 0.146 e. The van der Waals surface area contributed by atoms with E-state index in [0.717, 1.165) is 25.3 Å². The summed E-state index contributed by atoms with van der Waals surface area (Å²) in [5.41, 5.74) is 1.32. The average molecular weight is 244 g/mol. The van der Waals surface area contributed by atoms with Gasteiger partial charge in [-0.2, -0.15) is 0 Å². The Morgan fingerprint density at radius 2 is 2.00 bits per heavy atom. The Kier molecular flexibility index (Phi) is 4.47. The predicted octanol–water partition coefficient (Wildman–Crippen LogP) is 2.54. The van der Waals surface area contributed by atoms with Gasteiger partial charge in [0.25, 0.3) is 0 Å². The molecule has 0 bridgehead atoms. The van der Waals surface area contributed by atoms with Gasteiger partial charge in [0.05, 0.1) is 6.54 Å². The van der Waals surface area contributed by atoms with Crippen LogP contribution in [-0.4, -0.2) is 14.8 Å². The summed E-state index contributed by atoms with van der Waals surface area (Å²) < 4.78 is 2.06. The molecule has 1 heterocycles. The van der Waals surface area contributed by atoms with Gasteiger partial charge in [0, 0.05) is 12.6 Å². The summed E-state index contributed by atoms with van der Waals surface area (Å²) in [6, 6.07) is 10.9. The van der Waals surface area contributed by atoms with Crippen LogP contribution in [0.1, 0.15) is 37.7 Å². The van der Waals surface area contributed by atoms with E-state index >= 15 is 0 Å². The third-order valence-electron chi connectivity index (χ3n) is 3.15. The van der Waals surface area contributed by atoms with Crippen molar-refractivity contribution in [1.82, 2.24) is 20.1 Å². The molecule has 4 heteroatoms. The van der Waals surface area contributed by atoms with Gasteiger partial charge in [-0.1, -0.05) is 37.3 Å². The fourth-order valence-corrected chi connectivity index (χ4v) is 2.08. The normalized spacial score (nSPS) is 12.6. The van der Waals surface area contributed by atoms with Crippen molar-refractivity contribution in [2.45, 2.75) is 39.4 Å². The molecule has 2 aromatic rings. The first-order chi connectivity index (χ1) is 8.85. The predicted molar refractivity (Wildman–Crippen MR) is 72.0 cm³/mol. The fourth-order valence-electron chi connectivity index (χ4n) is 2.08. The Hall–Kier alpha value is -1.68. The molecule has 0 radical (unpaired) electrons. The van der Waals surface area contributed by atoms with Crippen LogP contribution in [0.25, 0.3) is 0 Å². The fraction of sp³-hybridized carbons (Fsp3) is 0.429. The highest BCUT2D eigenvalue weighted by Crippen LogP contribution is 2.16. The highest BCUT2D eigenvalue weighted by atomic mass is 15.3. The molecule has 1 N–H and O–H groups in total. The molecule has 0 spiro atoms. The molecule has 18 heavy (non-hydrogen) atoms. The van der Waals surface area contributed by atoms with E-state index < -0.39 is 0 Å². The monoisotopic (exact) mass is 244 g/mol. The molecule has 96 valence electrons. The zero-order valence-electron chi connectivity index (χ0n) is 11.0. The van der Waals surface area contributed by atoms with Crippen molar-refractivity contribution in [2.24, 2.45) is 0 Å². The standard InChI is InChI=1S/C14H20N4/c1-3-13(12-8-6-5-7-9-12)15-10-14-17-16-11-18(14)4-2/h5-9,11,13,15H,3-4,10H2,1-2H3. The van der Waals surface area contributed by atoms with Crippen LogP contribution in [0.4, 0.5) is 0 Å². The van der Waals surface area contributed by atoms with Gasteiger partial charge in [0.1, 0.15) is 12.2 Å². The molecule has 1 unspecified atom stereocenters. The van der Waals surface area contributed by atoms with Crippen LogP contribution in [0.5, 0.6) is 0 Å². The minimum atomic E-state index is 0.369. The molecule has 4 nitrogen and oxygen atoms in total. The van der Waals surface area contributed by atoms with Gasteiger partial charge < -0.3 is 9.88 Å². The third kappa shape index (κ3) is 2.96. The van der Waals surface area contributed by atoms with E-state index in [1.54, 1.807) is 6.33 Å². The third-order valence-corrected chi connectivity index (χ3v) is 3.15. The minimum Gasteiger partial charge on any atom is -0.317 e. The first kappa shape index (κ1) is 12.8. The summed E-state index contributed by atoms with van der Waals surface area (Å²) in [6.07, 6.45) is 2.84. The lowest BCUT2D eigenvalue weighted by atomic mass is 10.0. The lowest BCUT2D eigenvalue weighted by Crippen LogP contribution is -2.22. The van der Waals surface area contributed by atoms with Gasteiger partial charge in [-0.3, -0.25) is 0 Å². The Bertz CT molecular complexity index is 464. The summed E-state index contributed by atoms with van der Waals surface area (Å²) in [6.45, 7) is 5.95. The first-order valence-electron chi connectivity index (χ1n) is 6.50. The van der Waals surface area contributed by atoms with Crippen LogP contribution >= 0.6 is 0 Å². The number of aromatic nitrogens is 3. The molecule has 0 fully saturated rings. The van der Waals surface area contributed by atoms with Crippen LogP contribution in [0, 0.1) is 0 Å². The Morgan fingerprint density at radius 1 is 1.22 bits per heavy atom. The maximum absolute atomic E-state index is 4.14. The molecule has 1 aromatic heterocycles. The van der Waals surface area contributed by atoms with E-state index in [-0.39, 0.29) is 0 Å². The van der Waals surface area contributed by atoms with Crippen molar-refractivity contribution < 1.29 is 0 Å². The van der Waals surface area contributed by atoms with E-state index in [1.807, 2.05) is 6.07 Å². The Labute approximate surface area is 108 Å². The van der Waals surface area contributed by atoms with Crippen molar-refractivity contribution in [3.63, 3.8) is 0 Å². The second-order valence-corrected chi connectivity index (χ2v) is 4.29. The van der Waals surface area contributed by atoms with Crippen molar-refractivity contribution in [2.75, 3.05) is 0 Å². The number of nitrogens with one attached hydrogen (secondary N) is 1. The van der Waals surface area contributed by atoms with Crippen LogP contribution in [0.3, 0.4) is 0 Å². The van der Waals surface area contributed by atoms with Gasteiger partial charge in [-0.15, -0.1) is 10.2 Å². The molecule has 1 aromatic carbocycles. The van der Waals surface area contributed by atoms with Crippen LogP contribution < -0.4 is 5.32 Å². The largest absolute Gasteiger partial charge is 0.317 e. The Morgan fingerprint density at radius 3 is 2.67 bits per heavy atom. The van der Waals surface area contributed by atoms with E-state index in [1.165, 1.54) is 5.56 Å². The van der Waals surface area contributed by atoms with Gasteiger partial charge in [-0.05, 0) is 18.9 Å². The number of aryl methyl sites for hydroxylation is 1. The van der Waals surface area contributed by atoms with Gasteiger partial charge in [-0.25, -0.2) is 0 Å². The van der Waals surface area contributed by atoms with E-state index in [9.17, 15) is 0 Å². The Balaban J connectivity index is 2.00. The summed E-state index contributed by atoms with van der Waals surface area (Å²) >= 11 is 0. The number of hydrogen-bond acceptors (Lipinski definition) is 3. The van der Waals surface area contributed by atoms with Crippen LogP contribution in [-0.2, 0) is 13.1 Å². The molecule has 1 atom stereocenters. The second-order valence-electron chi connectivity index (χ2n) is 4.29. The van der Waals surface area contributed by atoms with Crippen LogP contribution in [0.15, 0.2) is 36.7 Å². The minimum absolute atomic E-state index is 0.369. The number of hydrogen-bond donors (Lipinski definition) is 1. The van der Waals surface area contributed by atoms with Crippen molar-refractivity contribution in [1.29, 1.82) is 0 Å². The second kappa shape index (κ2) is 6.31. The highest BCUT2D eigenvalue weighted by Gasteiger charge is 2.10. The SMILES string of the molecule is CCC(NCc1nncn1CC)c1ccccc1. The molecular weight excluding hydrogens is 224 g/mol. The maximum atomic E-state index is 4.14. The van der Waals surface area contributed by atoms with E-state index in [4.69, 9.17) is 0 Å². The summed E-state index contributed by atoms with van der Waals surface area (Å²) in [5.74, 6) is 0.992. The molecule has 0 aliphatic rings. The molecule has 0 amide bonds. The number of nitrogens with zero attached hydrogens (tertiary/aromatic N) is 3. The molecule has 0 saturated carbocycles. The van der Waals surface area contributed by atoms with E-state index in [0.29, 0.717) is 6.04 Å². The van der Waals surface area contributed by atoms with Gasteiger partial charge >= 0.3 is 0 Å². The van der Waals surface area contributed by atoms with E-state index in [2.05, 4.69) is 58.2 Å². The lowest BCUT2D eigenvalue weighted by molar-refractivity contribution is 0.496. The summed E-state index contributed by atoms with van der Waals surface area (Å²) in [7, 11) is 0. The number of benzene rings is 1. The van der Waals surface area contributed by atoms with Gasteiger partial charge in [0.15, 0.2) is 0 Å². The quantitative estimate of drug-likeness (QED) is 0.849. The van der Waals surface area contributed by atoms with Crippen LogP contribution in [0.2, 0.25) is 0 Å². The summed E-state index contributed by atoms with van der Waals surface area (Å²) in [5, 5.41) is 11.6. The highest BCUT2D eigenvalue weighted by molar-refractivity contribution is 5.18. The molecular formula is C14H20N4. The average Bonchev–Trinajstić information content (AvgIpc) is 2.88. The number of rotatable bonds is 6. The van der Waals surface area contributed by atoms with Gasteiger partial charge in [0.2, 0.25) is 0 Å². The topological polar surface area (TPSA) is 42.7 Å². The van der Waals surface area contributed by atoms with Crippen molar-refractivity contribution in [3.8, 4) is 0 Å².